The summed E-state index contributed by atoms with van der Waals surface area (Å²) in [6, 6.07) is 6.37. The van der Waals surface area contributed by atoms with E-state index in [9.17, 15) is 0 Å². The van der Waals surface area contributed by atoms with Crippen molar-refractivity contribution >= 4 is 0 Å². The minimum absolute atomic E-state index is 0.105. The van der Waals surface area contributed by atoms with Gasteiger partial charge in [0.1, 0.15) is 0 Å². The zero-order valence-corrected chi connectivity index (χ0v) is 17.5. The van der Waals surface area contributed by atoms with Gasteiger partial charge in [-0.1, -0.05) is 19.9 Å². The molecule has 27 heavy (non-hydrogen) atoms. The maximum atomic E-state index is 6.25. The normalized spacial score (nSPS) is 23.1. The van der Waals surface area contributed by atoms with Gasteiger partial charge >= 0.3 is 0 Å². The molecule has 0 radical (unpaired) electrons. The Morgan fingerprint density at radius 1 is 0.963 bits per heavy atom. The van der Waals surface area contributed by atoms with Gasteiger partial charge in [-0.2, -0.15) is 0 Å². The third-order valence-corrected chi connectivity index (χ3v) is 6.27. The van der Waals surface area contributed by atoms with Crippen LogP contribution in [0.2, 0.25) is 0 Å². The fraction of sp³-hybridized carbons (Fsp3) is 0.727. The first kappa shape index (κ1) is 20.4. The fourth-order valence-electron chi connectivity index (χ4n) is 4.35. The first-order valence-corrected chi connectivity index (χ1v) is 10.0. The zero-order valence-electron chi connectivity index (χ0n) is 17.5. The second-order valence-corrected chi connectivity index (χ2v) is 8.86. The highest BCUT2D eigenvalue weighted by Gasteiger charge is 2.48. The summed E-state index contributed by atoms with van der Waals surface area (Å²) in [5.74, 6) is 1.18. The summed E-state index contributed by atoms with van der Waals surface area (Å²) in [5.41, 5.74) is 1.53. The summed E-state index contributed by atoms with van der Waals surface area (Å²) in [5, 5.41) is 3.32. The van der Waals surface area contributed by atoms with Crippen LogP contribution in [0.4, 0.5) is 0 Å². The number of ether oxygens (including phenoxy) is 4. The van der Waals surface area contributed by atoms with Gasteiger partial charge in [0, 0.05) is 18.3 Å². The van der Waals surface area contributed by atoms with E-state index >= 15 is 0 Å². The largest absolute Gasteiger partial charge is 0.493 e. The van der Waals surface area contributed by atoms with E-state index < -0.39 is 5.79 Å². The molecule has 1 aliphatic heterocycles. The van der Waals surface area contributed by atoms with Crippen LogP contribution in [-0.4, -0.2) is 46.8 Å². The molecular formula is C22H35NO4. The predicted molar refractivity (Wildman–Crippen MR) is 107 cm³/mol. The Morgan fingerprint density at radius 3 is 2.15 bits per heavy atom. The van der Waals surface area contributed by atoms with Crippen LogP contribution in [0.3, 0.4) is 0 Å². The lowest BCUT2D eigenvalue weighted by atomic mass is 9.65. The Morgan fingerprint density at radius 2 is 1.59 bits per heavy atom. The first-order chi connectivity index (χ1) is 12.9. The van der Waals surface area contributed by atoms with Crippen LogP contribution >= 0.6 is 0 Å². The van der Waals surface area contributed by atoms with Gasteiger partial charge < -0.3 is 24.3 Å². The van der Waals surface area contributed by atoms with Crippen molar-refractivity contribution in [2.75, 3.05) is 41.0 Å². The third-order valence-electron chi connectivity index (χ3n) is 6.27. The predicted octanol–water partition coefficient (Wildman–Crippen LogP) is 3.89. The molecule has 0 atom stereocenters. The summed E-state index contributed by atoms with van der Waals surface area (Å²) >= 11 is 0. The third kappa shape index (κ3) is 4.25. The van der Waals surface area contributed by atoms with E-state index in [1.807, 2.05) is 13.1 Å². The van der Waals surface area contributed by atoms with Gasteiger partial charge in [0.2, 0.25) is 0 Å². The van der Waals surface area contributed by atoms with E-state index in [0.29, 0.717) is 0 Å². The zero-order chi connectivity index (χ0) is 19.5. The van der Waals surface area contributed by atoms with E-state index in [1.165, 1.54) is 5.56 Å². The Kier molecular flexibility index (Phi) is 6.04. The summed E-state index contributed by atoms with van der Waals surface area (Å²) in [6.07, 6.45) is 5.04. The molecule has 1 aromatic rings. The molecule has 0 aromatic heterocycles. The minimum Gasteiger partial charge on any atom is -0.493 e. The van der Waals surface area contributed by atoms with Crippen LogP contribution in [0.25, 0.3) is 0 Å². The molecule has 1 saturated heterocycles. The van der Waals surface area contributed by atoms with E-state index in [4.69, 9.17) is 18.9 Å². The lowest BCUT2D eigenvalue weighted by molar-refractivity contribution is -0.313. The van der Waals surface area contributed by atoms with E-state index in [2.05, 4.69) is 31.3 Å². The van der Waals surface area contributed by atoms with Crippen LogP contribution in [0.5, 0.6) is 11.5 Å². The Bertz CT molecular complexity index is 623. The molecule has 0 unspecified atom stereocenters. The van der Waals surface area contributed by atoms with E-state index in [-0.39, 0.29) is 10.8 Å². The molecule has 0 bridgehead atoms. The van der Waals surface area contributed by atoms with Gasteiger partial charge in [-0.25, -0.2) is 0 Å². The molecule has 2 aliphatic rings. The summed E-state index contributed by atoms with van der Waals surface area (Å²) < 4.78 is 23.5. The lowest BCUT2D eigenvalue weighted by Gasteiger charge is -2.50. The van der Waals surface area contributed by atoms with Crippen LogP contribution in [0.1, 0.15) is 51.5 Å². The molecule has 1 spiro atoms. The number of nitrogens with one attached hydrogen (secondary N) is 1. The van der Waals surface area contributed by atoms with Crippen molar-refractivity contribution in [1.29, 1.82) is 0 Å². The Hall–Kier alpha value is -1.30. The van der Waals surface area contributed by atoms with Crippen molar-refractivity contribution in [3.8, 4) is 11.5 Å². The molecule has 2 fully saturated rings. The monoisotopic (exact) mass is 377 g/mol. The average Bonchev–Trinajstić information content (AvgIpc) is 2.70. The van der Waals surface area contributed by atoms with Crippen molar-refractivity contribution in [3.63, 3.8) is 0 Å². The quantitative estimate of drug-likeness (QED) is 0.815. The van der Waals surface area contributed by atoms with Crippen LogP contribution in [-0.2, 0) is 14.9 Å². The molecule has 1 saturated carbocycles. The lowest BCUT2D eigenvalue weighted by Crippen LogP contribution is -2.52. The summed E-state index contributed by atoms with van der Waals surface area (Å²) in [4.78, 5) is 0. The molecular weight excluding hydrogens is 342 g/mol. The number of hydrogen-bond acceptors (Lipinski definition) is 5. The molecule has 1 aromatic carbocycles. The van der Waals surface area contributed by atoms with Crippen molar-refractivity contribution in [3.05, 3.63) is 23.8 Å². The maximum absolute atomic E-state index is 6.25. The Balaban J connectivity index is 1.81. The van der Waals surface area contributed by atoms with Gasteiger partial charge in [0.15, 0.2) is 17.3 Å². The van der Waals surface area contributed by atoms with Gasteiger partial charge in [-0.15, -0.1) is 0 Å². The molecule has 1 heterocycles. The Labute approximate surface area is 163 Å². The van der Waals surface area contributed by atoms with Gasteiger partial charge in [-0.05, 0) is 56.0 Å². The number of rotatable bonds is 6. The van der Waals surface area contributed by atoms with Gasteiger partial charge in [-0.3, -0.25) is 0 Å². The fourth-order valence-corrected chi connectivity index (χ4v) is 4.35. The average molecular weight is 378 g/mol. The topological polar surface area (TPSA) is 49.0 Å². The molecule has 3 rings (SSSR count). The second kappa shape index (κ2) is 7.98. The van der Waals surface area contributed by atoms with Gasteiger partial charge in [0.05, 0.1) is 27.4 Å². The van der Waals surface area contributed by atoms with E-state index in [0.717, 1.165) is 63.4 Å². The highest BCUT2D eigenvalue weighted by Crippen LogP contribution is 2.50. The highest BCUT2D eigenvalue weighted by atomic mass is 16.7. The number of hydrogen-bond donors (Lipinski definition) is 1. The smallest absolute Gasteiger partial charge is 0.168 e. The molecule has 5 heteroatoms. The molecule has 1 N–H and O–H groups in total. The van der Waals surface area contributed by atoms with E-state index in [1.54, 1.807) is 14.2 Å². The summed E-state index contributed by atoms with van der Waals surface area (Å²) in [7, 11) is 5.39. The van der Waals surface area contributed by atoms with Crippen molar-refractivity contribution in [1.82, 2.24) is 5.32 Å². The number of benzene rings is 1. The number of methoxy groups -OCH3 is 2. The highest BCUT2D eigenvalue weighted by molar-refractivity contribution is 5.45. The first-order valence-electron chi connectivity index (χ1n) is 10.0. The van der Waals surface area contributed by atoms with Crippen LogP contribution in [0, 0.1) is 5.41 Å². The van der Waals surface area contributed by atoms with Crippen molar-refractivity contribution < 1.29 is 18.9 Å². The second-order valence-electron chi connectivity index (χ2n) is 8.86. The molecule has 1 aliphatic carbocycles. The SMILES string of the molecule is CNCCC1(c2ccc(OC)c(OC)c2)CCC2(CC1)OCC(C)(C)CO2. The maximum Gasteiger partial charge on any atom is 0.168 e. The summed E-state index contributed by atoms with van der Waals surface area (Å²) in [6.45, 7) is 6.92. The molecule has 5 nitrogen and oxygen atoms in total. The standard InChI is InChI=1S/C22H35NO4/c1-20(2)15-26-22(27-16-20)10-8-21(9-11-22,12-13-23-3)17-6-7-18(24-4)19(14-17)25-5/h6-7,14,23H,8-13,15-16H2,1-5H3. The molecule has 152 valence electrons. The van der Waals surface area contributed by atoms with Crippen molar-refractivity contribution in [2.45, 2.75) is 57.2 Å². The molecule has 0 amide bonds. The van der Waals surface area contributed by atoms with Crippen molar-refractivity contribution in [2.24, 2.45) is 5.41 Å². The van der Waals surface area contributed by atoms with Crippen LogP contribution in [0.15, 0.2) is 18.2 Å². The van der Waals surface area contributed by atoms with Gasteiger partial charge in [0.25, 0.3) is 0 Å². The van der Waals surface area contributed by atoms with Crippen LogP contribution < -0.4 is 14.8 Å². The minimum atomic E-state index is -0.394.